The number of carbonyl (C=O) groups is 1. The van der Waals surface area contributed by atoms with E-state index in [-0.39, 0.29) is 23.4 Å². The quantitative estimate of drug-likeness (QED) is 0.743. The zero-order chi connectivity index (χ0) is 15.6. The molecule has 1 aromatic rings. The number of alkyl halides is 2. The van der Waals surface area contributed by atoms with Gasteiger partial charge in [0, 0.05) is 4.47 Å². The molecule has 0 N–H and O–H groups in total. The molecule has 1 aliphatic heterocycles. The molecule has 21 heavy (non-hydrogen) atoms. The summed E-state index contributed by atoms with van der Waals surface area (Å²) < 4.78 is 40.3. The van der Waals surface area contributed by atoms with Crippen LogP contribution < -0.4 is 9.47 Å². The first kappa shape index (κ1) is 16.0. The maximum Gasteiger partial charge on any atom is 0.586 e. The molecule has 1 atom stereocenters. The van der Waals surface area contributed by atoms with Crippen LogP contribution in [0.1, 0.15) is 25.8 Å². The lowest BCUT2D eigenvalue weighted by molar-refractivity contribution is -0.286. The van der Waals surface area contributed by atoms with E-state index in [1.807, 2.05) is 0 Å². The van der Waals surface area contributed by atoms with Crippen molar-refractivity contribution >= 4 is 21.9 Å². The molecule has 0 aromatic heterocycles. The Kier molecular flexibility index (Phi) is 4.70. The van der Waals surface area contributed by atoms with Crippen LogP contribution >= 0.6 is 15.9 Å². The standard InChI is InChI=1S/C14H15BrF2O4/c1-3-19-13(18)8(2)4-5-9-6-11-12(7-10(9)15)21-14(16,17)20-11/h6-8H,3-5H2,1-2H3. The van der Waals surface area contributed by atoms with Crippen LogP contribution in [-0.4, -0.2) is 18.9 Å². The van der Waals surface area contributed by atoms with E-state index in [1.54, 1.807) is 13.8 Å². The maximum absolute atomic E-state index is 13.0. The fourth-order valence-corrected chi connectivity index (χ4v) is 2.50. The molecule has 0 bridgehead atoms. The lowest BCUT2D eigenvalue weighted by Gasteiger charge is -2.11. The third-order valence-corrected chi connectivity index (χ3v) is 3.84. The molecule has 1 unspecified atom stereocenters. The molecule has 0 saturated heterocycles. The van der Waals surface area contributed by atoms with Gasteiger partial charge in [-0.25, -0.2) is 0 Å². The van der Waals surface area contributed by atoms with Crippen molar-refractivity contribution in [2.75, 3.05) is 6.61 Å². The SMILES string of the molecule is CCOC(=O)C(C)CCc1cc2c(cc1Br)OC(F)(F)O2. The number of halogens is 3. The molecule has 1 heterocycles. The Morgan fingerprint density at radius 3 is 2.62 bits per heavy atom. The Morgan fingerprint density at radius 1 is 1.38 bits per heavy atom. The molecule has 2 rings (SSSR count). The van der Waals surface area contributed by atoms with E-state index in [1.165, 1.54) is 12.1 Å². The zero-order valence-corrected chi connectivity index (χ0v) is 13.2. The number of carbonyl (C=O) groups excluding carboxylic acids is 1. The van der Waals surface area contributed by atoms with Crippen molar-refractivity contribution in [3.05, 3.63) is 22.2 Å². The third kappa shape index (κ3) is 3.84. The molecule has 0 amide bonds. The first-order valence-electron chi connectivity index (χ1n) is 6.57. The first-order chi connectivity index (χ1) is 9.82. The summed E-state index contributed by atoms with van der Waals surface area (Å²) in [5.74, 6) is -0.527. The predicted octanol–water partition coefficient (Wildman–Crippen LogP) is 3.90. The fraction of sp³-hybridized carbons (Fsp3) is 0.500. The van der Waals surface area contributed by atoms with E-state index >= 15 is 0 Å². The van der Waals surface area contributed by atoms with Crippen molar-refractivity contribution in [2.24, 2.45) is 5.92 Å². The minimum atomic E-state index is -3.63. The molecule has 7 heteroatoms. The highest BCUT2D eigenvalue weighted by atomic mass is 79.9. The molecule has 0 spiro atoms. The van der Waals surface area contributed by atoms with Gasteiger partial charge in [-0.2, -0.15) is 0 Å². The molecule has 1 aromatic carbocycles. The van der Waals surface area contributed by atoms with Gasteiger partial charge in [-0.3, -0.25) is 4.79 Å². The van der Waals surface area contributed by atoms with E-state index in [0.29, 0.717) is 23.9 Å². The van der Waals surface area contributed by atoms with Gasteiger partial charge in [0.25, 0.3) is 0 Å². The summed E-state index contributed by atoms with van der Waals surface area (Å²) in [6, 6.07) is 2.94. The third-order valence-electron chi connectivity index (χ3n) is 3.11. The number of benzene rings is 1. The lowest BCUT2D eigenvalue weighted by Crippen LogP contribution is -2.25. The van der Waals surface area contributed by atoms with Gasteiger partial charge in [-0.05, 0) is 37.5 Å². The Hall–Kier alpha value is -1.37. The van der Waals surface area contributed by atoms with Crippen molar-refractivity contribution in [1.82, 2.24) is 0 Å². The van der Waals surface area contributed by atoms with Crippen molar-refractivity contribution in [3.8, 4) is 11.5 Å². The van der Waals surface area contributed by atoms with Gasteiger partial charge in [0.15, 0.2) is 11.5 Å². The van der Waals surface area contributed by atoms with Crippen LogP contribution in [0.15, 0.2) is 16.6 Å². The summed E-state index contributed by atoms with van der Waals surface area (Å²) in [6.45, 7) is 3.86. The molecular formula is C14H15BrF2O4. The van der Waals surface area contributed by atoms with E-state index in [9.17, 15) is 13.6 Å². The number of hydrogen-bond acceptors (Lipinski definition) is 4. The molecule has 0 fully saturated rings. The van der Waals surface area contributed by atoms with Gasteiger partial charge in [-0.1, -0.05) is 22.9 Å². The van der Waals surface area contributed by atoms with Crippen molar-refractivity contribution in [2.45, 2.75) is 33.0 Å². The summed E-state index contributed by atoms with van der Waals surface area (Å²) >= 11 is 3.31. The minimum Gasteiger partial charge on any atom is -0.466 e. The van der Waals surface area contributed by atoms with Crippen LogP contribution in [-0.2, 0) is 16.0 Å². The van der Waals surface area contributed by atoms with Crippen molar-refractivity contribution in [3.63, 3.8) is 0 Å². The van der Waals surface area contributed by atoms with E-state index in [4.69, 9.17) is 4.74 Å². The van der Waals surface area contributed by atoms with Gasteiger partial charge < -0.3 is 14.2 Å². The Morgan fingerprint density at radius 2 is 2.00 bits per heavy atom. The fourth-order valence-electron chi connectivity index (χ4n) is 1.98. The minimum absolute atomic E-state index is 0.00184. The first-order valence-corrected chi connectivity index (χ1v) is 7.36. The average molecular weight is 365 g/mol. The van der Waals surface area contributed by atoms with Gasteiger partial charge in [0.2, 0.25) is 0 Å². The molecule has 0 aliphatic carbocycles. The van der Waals surface area contributed by atoms with Gasteiger partial charge in [0.05, 0.1) is 12.5 Å². The second-order valence-electron chi connectivity index (χ2n) is 4.75. The largest absolute Gasteiger partial charge is 0.586 e. The van der Waals surface area contributed by atoms with E-state index in [2.05, 4.69) is 25.4 Å². The zero-order valence-electron chi connectivity index (χ0n) is 11.6. The number of hydrogen-bond donors (Lipinski definition) is 0. The second kappa shape index (κ2) is 6.17. The number of rotatable bonds is 5. The molecule has 0 saturated carbocycles. The predicted molar refractivity (Wildman–Crippen MR) is 74.5 cm³/mol. The van der Waals surface area contributed by atoms with Crippen molar-refractivity contribution < 1.29 is 27.8 Å². The van der Waals surface area contributed by atoms with Crippen molar-refractivity contribution in [1.29, 1.82) is 0 Å². The average Bonchev–Trinajstić information content (AvgIpc) is 2.68. The van der Waals surface area contributed by atoms with Crippen LogP contribution in [0.4, 0.5) is 8.78 Å². The molecule has 116 valence electrons. The highest BCUT2D eigenvalue weighted by Crippen LogP contribution is 2.44. The topological polar surface area (TPSA) is 44.8 Å². The van der Waals surface area contributed by atoms with Gasteiger partial charge >= 0.3 is 12.3 Å². The summed E-state index contributed by atoms with van der Waals surface area (Å²) in [7, 11) is 0. The lowest BCUT2D eigenvalue weighted by atomic mass is 10.0. The highest BCUT2D eigenvalue weighted by Gasteiger charge is 2.43. The summed E-state index contributed by atoms with van der Waals surface area (Å²) in [5.41, 5.74) is 0.770. The molecule has 4 nitrogen and oxygen atoms in total. The molecule has 0 radical (unpaired) electrons. The number of aryl methyl sites for hydroxylation is 1. The monoisotopic (exact) mass is 364 g/mol. The normalized spacial score (nSPS) is 16.6. The van der Waals surface area contributed by atoms with E-state index < -0.39 is 6.29 Å². The van der Waals surface area contributed by atoms with Crippen LogP contribution in [0.5, 0.6) is 11.5 Å². The Balaban J connectivity index is 2.04. The van der Waals surface area contributed by atoms with E-state index in [0.717, 1.165) is 5.56 Å². The Bertz CT molecular complexity index is 548. The molecular weight excluding hydrogens is 350 g/mol. The number of fused-ring (bicyclic) bond motifs is 1. The number of esters is 1. The van der Waals surface area contributed by atoms with Gasteiger partial charge in [-0.15, -0.1) is 8.78 Å². The summed E-state index contributed by atoms with van der Waals surface area (Å²) in [6.07, 6.45) is -2.55. The summed E-state index contributed by atoms with van der Waals surface area (Å²) in [4.78, 5) is 11.5. The summed E-state index contributed by atoms with van der Waals surface area (Å²) in [5, 5.41) is 0. The Labute approximate surface area is 129 Å². The van der Waals surface area contributed by atoms with Crippen LogP contribution in [0.2, 0.25) is 0 Å². The van der Waals surface area contributed by atoms with Gasteiger partial charge in [0.1, 0.15) is 0 Å². The second-order valence-corrected chi connectivity index (χ2v) is 5.60. The van der Waals surface area contributed by atoms with Crippen LogP contribution in [0, 0.1) is 5.92 Å². The number of ether oxygens (including phenoxy) is 3. The maximum atomic E-state index is 13.0. The highest BCUT2D eigenvalue weighted by molar-refractivity contribution is 9.10. The van der Waals surface area contributed by atoms with Crippen LogP contribution in [0.3, 0.4) is 0 Å². The van der Waals surface area contributed by atoms with Crippen LogP contribution in [0.25, 0.3) is 0 Å². The molecule has 1 aliphatic rings. The smallest absolute Gasteiger partial charge is 0.466 e.